The number of aromatic carboxylic acids is 1. The molecule has 224 valence electrons. The number of carboxylic acid groups (broad SMARTS) is 1. The Bertz CT molecular complexity index is 1440. The number of carbonyl (C=O) groups is 1. The molecule has 1 N–H and O–H groups in total. The van der Waals surface area contributed by atoms with Crippen molar-refractivity contribution in [3.05, 3.63) is 64.9 Å². The van der Waals surface area contributed by atoms with Crippen LogP contribution >= 0.6 is 11.6 Å². The number of aromatic nitrogens is 2. The van der Waals surface area contributed by atoms with Crippen molar-refractivity contribution in [2.45, 2.75) is 37.7 Å². The van der Waals surface area contributed by atoms with E-state index in [9.17, 15) is 27.5 Å². The Labute approximate surface area is 246 Å². The van der Waals surface area contributed by atoms with Crippen LogP contribution in [-0.4, -0.2) is 77.7 Å². The number of hydrogen-bond acceptors (Lipinski definition) is 5. The molecule has 42 heavy (non-hydrogen) atoms. The monoisotopic (exact) mass is 605 g/mol. The second-order valence-electron chi connectivity index (χ2n) is 11.4. The number of hydrogen-bond donors (Lipinski definition) is 1. The molecule has 12 heteroatoms. The van der Waals surface area contributed by atoms with Crippen LogP contribution in [0.5, 0.6) is 0 Å². The molecule has 1 aliphatic carbocycles. The zero-order chi connectivity index (χ0) is 29.6. The maximum atomic E-state index is 13.9. The fourth-order valence-electron chi connectivity index (χ4n) is 6.23. The molecule has 3 atom stereocenters. The number of piperazine rings is 1. The summed E-state index contributed by atoms with van der Waals surface area (Å²) in [7, 11) is 0. The van der Waals surface area contributed by atoms with Crippen molar-refractivity contribution in [1.82, 2.24) is 14.7 Å². The molecular formula is C30H32ClF4N5O2. The van der Waals surface area contributed by atoms with Crippen molar-refractivity contribution >= 4 is 28.9 Å². The first kappa shape index (κ1) is 28.8. The van der Waals surface area contributed by atoms with E-state index < -0.39 is 35.6 Å². The van der Waals surface area contributed by atoms with Crippen molar-refractivity contribution in [3.8, 4) is 11.1 Å². The summed E-state index contributed by atoms with van der Waals surface area (Å²) >= 11 is 6.39. The Morgan fingerprint density at radius 2 is 1.74 bits per heavy atom. The summed E-state index contributed by atoms with van der Waals surface area (Å²) in [6.45, 7) is 5.24. The number of benzene rings is 2. The Balaban J connectivity index is 1.20. The first-order valence-electron chi connectivity index (χ1n) is 14.2. The number of piperidine rings is 1. The van der Waals surface area contributed by atoms with E-state index in [2.05, 4.69) is 27.0 Å². The van der Waals surface area contributed by atoms with Gasteiger partial charge in [-0.25, -0.2) is 9.18 Å². The molecule has 6 rings (SSSR count). The second kappa shape index (κ2) is 11.4. The molecule has 1 aromatic heterocycles. The first-order chi connectivity index (χ1) is 20.1. The number of carboxylic acids is 1. The van der Waals surface area contributed by atoms with Gasteiger partial charge in [0.1, 0.15) is 11.7 Å². The molecule has 2 saturated heterocycles. The van der Waals surface area contributed by atoms with Crippen molar-refractivity contribution in [2.75, 3.05) is 55.6 Å². The highest BCUT2D eigenvalue weighted by molar-refractivity contribution is 6.31. The molecule has 3 unspecified atom stereocenters. The number of nitrogens with zero attached hydrogens (tertiary/aromatic N) is 5. The molecule has 0 amide bonds. The molecular weight excluding hydrogens is 574 g/mol. The second-order valence-corrected chi connectivity index (χ2v) is 11.8. The highest BCUT2D eigenvalue weighted by Crippen LogP contribution is 2.40. The summed E-state index contributed by atoms with van der Waals surface area (Å²) in [5.74, 6) is -1.45. The molecule has 7 nitrogen and oxygen atoms in total. The Morgan fingerprint density at radius 3 is 2.38 bits per heavy atom. The lowest BCUT2D eigenvalue weighted by Crippen LogP contribution is -2.47. The van der Waals surface area contributed by atoms with Gasteiger partial charge in [-0.15, -0.1) is 0 Å². The summed E-state index contributed by atoms with van der Waals surface area (Å²) in [6, 6.07) is 13.1. The van der Waals surface area contributed by atoms with Crippen LogP contribution in [0.4, 0.5) is 28.9 Å². The van der Waals surface area contributed by atoms with Crippen molar-refractivity contribution in [3.63, 3.8) is 0 Å². The van der Waals surface area contributed by atoms with Gasteiger partial charge in [-0.1, -0.05) is 29.8 Å². The van der Waals surface area contributed by atoms with E-state index in [-0.39, 0.29) is 12.5 Å². The quantitative estimate of drug-likeness (QED) is 0.322. The molecule has 0 bridgehead atoms. The van der Waals surface area contributed by atoms with Gasteiger partial charge in [0.05, 0.1) is 12.2 Å². The number of rotatable bonds is 7. The lowest BCUT2D eigenvalue weighted by molar-refractivity contribution is -0.145. The van der Waals surface area contributed by atoms with Crippen LogP contribution in [0.1, 0.15) is 41.4 Å². The highest BCUT2D eigenvalue weighted by atomic mass is 35.5. The van der Waals surface area contributed by atoms with Gasteiger partial charge in [-0.05, 0) is 49.1 Å². The fourth-order valence-corrected chi connectivity index (χ4v) is 6.40. The lowest BCUT2D eigenvalue weighted by Gasteiger charge is -2.37. The van der Waals surface area contributed by atoms with Gasteiger partial charge >= 0.3 is 12.1 Å². The molecule has 3 aliphatic rings. The normalized spacial score (nSPS) is 23.3. The smallest absolute Gasteiger partial charge is 0.433 e. The van der Waals surface area contributed by atoms with Gasteiger partial charge in [0, 0.05) is 73.7 Å². The minimum atomic E-state index is -4.85. The van der Waals surface area contributed by atoms with E-state index in [1.54, 1.807) is 6.07 Å². The van der Waals surface area contributed by atoms with Gasteiger partial charge in [-0.2, -0.15) is 18.3 Å². The molecule has 1 saturated carbocycles. The van der Waals surface area contributed by atoms with Crippen LogP contribution in [0.25, 0.3) is 11.1 Å². The molecule has 3 aromatic rings. The van der Waals surface area contributed by atoms with Crippen LogP contribution < -0.4 is 9.80 Å². The maximum absolute atomic E-state index is 13.9. The van der Waals surface area contributed by atoms with Gasteiger partial charge in [-0.3, -0.25) is 9.58 Å². The van der Waals surface area contributed by atoms with Crippen LogP contribution in [0.3, 0.4) is 0 Å². The van der Waals surface area contributed by atoms with Crippen molar-refractivity contribution in [1.29, 1.82) is 0 Å². The molecule has 3 heterocycles. The SMILES string of the molecule is O=C(O)c1cnn(C2CCCN(c3cc(Cl)ccc3-c3ccc(N4CCN(CC5CC5F)CC4)cc3)C2)c1C(F)(F)F. The topological polar surface area (TPSA) is 64.8 Å². The average molecular weight is 606 g/mol. The van der Waals surface area contributed by atoms with Crippen LogP contribution in [-0.2, 0) is 6.18 Å². The number of halogens is 5. The van der Waals surface area contributed by atoms with Gasteiger partial charge in [0.2, 0.25) is 0 Å². The summed E-state index contributed by atoms with van der Waals surface area (Å²) in [5, 5.41) is 13.7. The van der Waals surface area contributed by atoms with E-state index in [1.165, 1.54) is 0 Å². The van der Waals surface area contributed by atoms with E-state index >= 15 is 0 Å². The third-order valence-corrected chi connectivity index (χ3v) is 8.82. The molecule has 0 radical (unpaired) electrons. The number of alkyl halides is 4. The summed E-state index contributed by atoms with van der Waals surface area (Å²) in [5.41, 5.74) is 1.69. The molecule has 2 aliphatic heterocycles. The van der Waals surface area contributed by atoms with Crippen molar-refractivity contribution < 1.29 is 27.5 Å². The predicted molar refractivity (Wildman–Crippen MR) is 153 cm³/mol. The largest absolute Gasteiger partial charge is 0.478 e. The zero-order valence-corrected chi connectivity index (χ0v) is 23.7. The van der Waals surface area contributed by atoms with Crippen LogP contribution in [0.15, 0.2) is 48.7 Å². The fraction of sp³-hybridized carbons (Fsp3) is 0.467. The van der Waals surface area contributed by atoms with Gasteiger partial charge < -0.3 is 14.9 Å². The minimum Gasteiger partial charge on any atom is -0.478 e. The van der Waals surface area contributed by atoms with Crippen molar-refractivity contribution in [2.24, 2.45) is 5.92 Å². The van der Waals surface area contributed by atoms with E-state index in [4.69, 9.17) is 11.6 Å². The molecule has 0 spiro atoms. The van der Waals surface area contributed by atoms with E-state index in [0.717, 1.165) is 66.1 Å². The maximum Gasteiger partial charge on any atom is 0.433 e. The van der Waals surface area contributed by atoms with E-state index in [1.807, 2.05) is 29.2 Å². The minimum absolute atomic E-state index is 0.202. The molecule has 3 fully saturated rings. The van der Waals surface area contributed by atoms with Crippen LogP contribution in [0.2, 0.25) is 5.02 Å². The zero-order valence-electron chi connectivity index (χ0n) is 22.9. The average Bonchev–Trinajstić information content (AvgIpc) is 3.46. The Morgan fingerprint density at radius 1 is 1.02 bits per heavy atom. The third-order valence-electron chi connectivity index (χ3n) is 8.58. The Kier molecular flexibility index (Phi) is 7.82. The van der Waals surface area contributed by atoms with Gasteiger partial charge in [0.25, 0.3) is 0 Å². The summed E-state index contributed by atoms with van der Waals surface area (Å²) < 4.78 is 55.8. The van der Waals surface area contributed by atoms with Gasteiger partial charge in [0.15, 0.2) is 5.69 Å². The third kappa shape index (κ3) is 5.94. The summed E-state index contributed by atoms with van der Waals surface area (Å²) in [6.07, 6.45) is -2.96. The molecule has 2 aromatic carbocycles. The standard InChI is InChI=1S/C30H32ClF4N5O2/c31-21-5-8-24(19-3-6-22(7-4-19)38-12-10-37(11-13-38)17-20-14-26(20)32)27(15-21)39-9-1-2-23(18-39)40-28(30(33,34)35)25(16-36-40)29(41)42/h3-8,15-16,20,23,26H,1-2,9-14,17-18H2,(H,41,42). The highest BCUT2D eigenvalue weighted by Gasteiger charge is 2.42. The summed E-state index contributed by atoms with van der Waals surface area (Å²) in [4.78, 5) is 18.2. The Hall–Kier alpha value is -3.31. The van der Waals surface area contributed by atoms with E-state index in [0.29, 0.717) is 30.8 Å². The van der Waals surface area contributed by atoms with Crippen LogP contribution in [0, 0.1) is 5.92 Å². The predicted octanol–water partition coefficient (Wildman–Crippen LogP) is 6.24. The number of anilines is 2. The lowest BCUT2D eigenvalue weighted by atomic mass is 9.99. The first-order valence-corrected chi connectivity index (χ1v) is 14.6.